The fourth-order valence-electron chi connectivity index (χ4n) is 2.97. The Kier molecular flexibility index (Phi) is 4.89. The van der Waals surface area contributed by atoms with Gasteiger partial charge in [0, 0.05) is 13.1 Å². The molecule has 2 aliphatic rings. The Bertz CT molecular complexity index is 584. The van der Waals surface area contributed by atoms with Crippen LogP contribution in [0.5, 0.6) is 0 Å². The number of halogens is 2. The van der Waals surface area contributed by atoms with Crippen molar-refractivity contribution >= 4 is 5.91 Å². The molecule has 7 heteroatoms. The number of rotatable bonds is 2. The van der Waals surface area contributed by atoms with Gasteiger partial charge < -0.3 is 19.7 Å². The minimum atomic E-state index is -0.912. The molecule has 0 aliphatic carbocycles. The number of hydrogen-bond donors (Lipinski definition) is 1. The fourth-order valence-corrected chi connectivity index (χ4v) is 2.97. The Labute approximate surface area is 133 Å². The van der Waals surface area contributed by atoms with Crippen molar-refractivity contribution in [3.05, 3.63) is 35.4 Å². The Balaban J connectivity index is 1.70. The molecular formula is C16H20F2N2O3. The standard InChI is InChI=1S/C16H20F2N2O3/c1-10-15(19-4-6-22-10)16(21)20-5-7-23-14(9-20)11-2-3-12(17)13(18)8-11/h2-3,8,10,14-15,19H,4-7,9H2,1H3/t10-,14?,15+/m1/s1. The van der Waals surface area contributed by atoms with Crippen molar-refractivity contribution in [2.45, 2.75) is 25.2 Å². The van der Waals surface area contributed by atoms with Gasteiger partial charge in [-0.25, -0.2) is 8.78 Å². The smallest absolute Gasteiger partial charge is 0.242 e. The van der Waals surface area contributed by atoms with Gasteiger partial charge in [0.25, 0.3) is 0 Å². The number of carbonyl (C=O) groups excluding carboxylic acids is 1. The summed E-state index contributed by atoms with van der Waals surface area (Å²) in [6.07, 6.45) is -0.650. The zero-order chi connectivity index (χ0) is 16.4. The molecule has 23 heavy (non-hydrogen) atoms. The van der Waals surface area contributed by atoms with Gasteiger partial charge in [-0.3, -0.25) is 4.79 Å². The second-order valence-electron chi connectivity index (χ2n) is 5.82. The van der Waals surface area contributed by atoms with Crippen molar-refractivity contribution < 1.29 is 23.0 Å². The Morgan fingerprint density at radius 1 is 1.26 bits per heavy atom. The van der Waals surface area contributed by atoms with Crippen molar-refractivity contribution in [2.75, 3.05) is 32.8 Å². The van der Waals surface area contributed by atoms with Gasteiger partial charge in [0.15, 0.2) is 11.6 Å². The van der Waals surface area contributed by atoms with Crippen LogP contribution >= 0.6 is 0 Å². The molecule has 2 saturated heterocycles. The van der Waals surface area contributed by atoms with E-state index in [1.165, 1.54) is 6.07 Å². The highest BCUT2D eigenvalue weighted by Gasteiger charge is 2.34. The normalized spacial score (nSPS) is 28.7. The lowest BCUT2D eigenvalue weighted by molar-refractivity contribution is -0.147. The van der Waals surface area contributed by atoms with E-state index >= 15 is 0 Å². The van der Waals surface area contributed by atoms with Crippen LogP contribution in [0.4, 0.5) is 8.78 Å². The van der Waals surface area contributed by atoms with Crippen LogP contribution in [-0.2, 0) is 14.3 Å². The molecule has 0 radical (unpaired) electrons. The molecule has 2 aliphatic heterocycles. The third-order valence-corrected chi connectivity index (χ3v) is 4.28. The maximum absolute atomic E-state index is 13.4. The highest BCUT2D eigenvalue weighted by molar-refractivity contribution is 5.82. The van der Waals surface area contributed by atoms with Gasteiger partial charge in [-0.2, -0.15) is 0 Å². The molecule has 126 valence electrons. The monoisotopic (exact) mass is 326 g/mol. The molecule has 3 atom stereocenters. The van der Waals surface area contributed by atoms with Crippen LogP contribution in [0, 0.1) is 11.6 Å². The molecule has 0 bridgehead atoms. The highest BCUT2D eigenvalue weighted by atomic mass is 19.2. The molecule has 1 aromatic carbocycles. The van der Waals surface area contributed by atoms with E-state index < -0.39 is 17.7 Å². The number of ether oxygens (including phenoxy) is 2. The van der Waals surface area contributed by atoms with E-state index in [9.17, 15) is 13.6 Å². The molecule has 0 spiro atoms. The fraction of sp³-hybridized carbons (Fsp3) is 0.562. The summed E-state index contributed by atoms with van der Waals surface area (Å²) in [5, 5.41) is 3.17. The molecule has 3 rings (SSSR count). The second-order valence-corrected chi connectivity index (χ2v) is 5.82. The molecule has 1 unspecified atom stereocenters. The number of nitrogens with zero attached hydrogens (tertiary/aromatic N) is 1. The van der Waals surface area contributed by atoms with E-state index in [0.29, 0.717) is 38.4 Å². The maximum atomic E-state index is 13.4. The number of morpholine rings is 2. The molecule has 1 aromatic rings. The summed E-state index contributed by atoms with van der Waals surface area (Å²) in [5.41, 5.74) is 0.530. The molecule has 1 amide bonds. The van der Waals surface area contributed by atoms with Gasteiger partial charge in [-0.05, 0) is 24.6 Å². The highest BCUT2D eigenvalue weighted by Crippen LogP contribution is 2.24. The van der Waals surface area contributed by atoms with E-state index in [1.807, 2.05) is 6.92 Å². The quantitative estimate of drug-likeness (QED) is 0.888. The molecule has 2 fully saturated rings. The molecular weight excluding hydrogens is 306 g/mol. The number of nitrogens with one attached hydrogen (secondary N) is 1. The minimum Gasteiger partial charge on any atom is -0.375 e. The van der Waals surface area contributed by atoms with Crippen LogP contribution in [0.1, 0.15) is 18.6 Å². The van der Waals surface area contributed by atoms with E-state index in [0.717, 1.165) is 12.1 Å². The van der Waals surface area contributed by atoms with Crippen LogP contribution in [-0.4, -0.2) is 55.8 Å². The lowest BCUT2D eigenvalue weighted by atomic mass is 10.1. The van der Waals surface area contributed by atoms with Gasteiger partial charge in [0.1, 0.15) is 12.1 Å². The number of carbonyl (C=O) groups is 1. The average molecular weight is 326 g/mol. The van der Waals surface area contributed by atoms with Crippen molar-refractivity contribution in [3.63, 3.8) is 0 Å². The third kappa shape index (κ3) is 3.52. The largest absolute Gasteiger partial charge is 0.375 e. The first-order valence-electron chi connectivity index (χ1n) is 7.76. The zero-order valence-electron chi connectivity index (χ0n) is 12.9. The van der Waals surface area contributed by atoms with E-state index in [-0.39, 0.29) is 18.1 Å². The zero-order valence-corrected chi connectivity index (χ0v) is 12.9. The second kappa shape index (κ2) is 6.90. The van der Waals surface area contributed by atoms with Gasteiger partial charge in [0.05, 0.1) is 25.9 Å². The predicted octanol–water partition coefficient (Wildman–Crippen LogP) is 1.24. The molecule has 5 nitrogen and oxygen atoms in total. The van der Waals surface area contributed by atoms with E-state index in [4.69, 9.17) is 9.47 Å². The van der Waals surface area contributed by atoms with E-state index in [2.05, 4.69) is 5.32 Å². The summed E-state index contributed by atoms with van der Waals surface area (Å²) >= 11 is 0. The first kappa shape index (κ1) is 16.3. The summed E-state index contributed by atoms with van der Waals surface area (Å²) < 4.78 is 37.6. The van der Waals surface area contributed by atoms with Crippen LogP contribution in [0.25, 0.3) is 0 Å². The van der Waals surface area contributed by atoms with Crippen LogP contribution in [0.15, 0.2) is 18.2 Å². The molecule has 0 aromatic heterocycles. The molecule has 2 heterocycles. The average Bonchev–Trinajstić information content (AvgIpc) is 2.57. The number of benzene rings is 1. The number of amides is 1. The Morgan fingerprint density at radius 3 is 2.83 bits per heavy atom. The number of hydrogen-bond acceptors (Lipinski definition) is 4. The summed E-state index contributed by atoms with van der Waals surface area (Å²) in [6, 6.07) is 3.31. The minimum absolute atomic E-state index is 0.0481. The first-order valence-corrected chi connectivity index (χ1v) is 7.76. The Morgan fingerprint density at radius 2 is 2.09 bits per heavy atom. The van der Waals surface area contributed by atoms with Crippen molar-refractivity contribution in [1.29, 1.82) is 0 Å². The first-order chi connectivity index (χ1) is 11.1. The van der Waals surface area contributed by atoms with Crippen LogP contribution in [0.2, 0.25) is 0 Å². The lowest BCUT2D eigenvalue weighted by Crippen LogP contribution is -2.58. The SMILES string of the molecule is C[C@H]1OCCN[C@@H]1C(=O)N1CCOC(c2ccc(F)c(F)c2)C1. The summed E-state index contributed by atoms with van der Waals surface area (Å²) in [7, 11) is 0. The van der Waals surface area contributed by atoms with Gasteiger partial charge in [0.2, 0.25) is 5.91 Å². The van der Waals surface area contributed by atoms with Crippen molar-refractivity contribution in [2.24, 2.45) is 0 Å². The Hall–Kier alpha value is -1.57. The third-order valence-electron chi connectivity index (χ3n) is 4.28. The summed E-state index contributed by atoms with van der Waals surface area (Å²) in [5.74, 6) is -1.85. The summed E-state index contributed by atoms with van der Waals surface area (Å²) in [4.78, 5) is 14.3. The maximum Gasteiger partial charge on any atom is 0.242 e. The van der Waals surface area contributed by atoms with Crippen molar-refractivity contribution in [1.82, 2.24) is 10.2 Å². The molecule has 0 saturated carbocycles. The van der Waals surface area contributed by atoms with Crippen molar-refractivity contribution in [3.8, 4) is 0 Å². The van der Waals surface area contributed by atoms with Crippen LogP contribution < -0.4 is 5.32 Å². The van der Waals surface area contributed by atoms with Gasteiger partial charge >= 0.3 is 0 Å². The lowest BCUT2D eigenvalue weighted by Gasteiger charge is -2.38. The molecule has 1 N–H and O–H groups in total. The predicted molar refractivity (Wildman–Crippen MR) is 78.8 cm³/mol. The van der Waals surface area contributed by atoms with E-state index in [1.54, 1.807) is 4.90 Å². The summed E-state index contributed by atoms with van der Waals surface area (Å²) in [6.45, 7) is 4.24. The topological polar surface area (TPSA) is 50.8 Å². The van der Waals surface area contributed by atoms with Gasteiger partial charge in [-0.15, -0.1) is 0 Å². The van der Waals surface area contributed by atoms with Gasteiger partial charge in [-0.1, -0.05) is 6.07 Å². The van der Waals surface area contributed by atoms with Crippen LogP contribution in [0.3, 0.4) is 0 Å².